The zero-order chi connectivity index (χ0) is 24.0. The first kappa shape index (κ1) is 25.2. The summed E-state index contributed by atoms with van der Waals surface area (Å²) in [6.07, 6.45) is 0.0899. The molecule has 0 saturated heterocycles. The molecule has 0 saturated carbocycles. The third-order valence-corrected chi connectivity index (χ3v) is 6.57. The molecule has 1 N–H and O–H groups in total. The minimum absolute atomic E-state index is 0.358. The molecule has 3 aromatic rings. The summed E-state index contributed by atoms with van der Waals surface area (Å²) in [5, 5.41) is 7.37. The van der Waals surface area contributed by atoms with Crippen LogP contribution in [-0.2, 0) is 10.5 Å². The molecule has 1 aromatic heterocycles. The SMILES string of the molecule is Cc1noc(-c2ccc(CSCCC(C)(C)C)cc2)c1NC(=O)O[C@H](C)c1ccccc1Cl. The molecule has 0 aliphatic carbocycles. The minimum atomic E-state index is -0.596. The lowest BCUT2D eigenvalue weighted by Crippen LogP contribution is -2.17. The lowest BCUT2D eigenvalue weighted by atomic mass is 9.94. The molecule has 3 rings (SSSR count). The molecule has 5 nitrogen and oxygen atoms in total. The molecule has 0 bridgehead atoms. The maximum Gasteiger partial charge on any atom is 0.412 e. The molecule has 0 unspecified atom stereocenters. The van der Waals surface area contributed by atoms with Crippen LogP contribution >= 0.6 is 23.4 Å². The Morgan fingerprint density at radius 1 is 1.18 bits per heavy atom. The van der Waals surface area contributed by atoms with E-state index in [1.165, 1.54) is 12.0 Å². The van der Waals surface area contributed by atoms with Gasteiger partial charge in [-0.3, -0.25) is 5.32 Å². The fourth-order valence-corrected chi connectivity index (χ4v) is 4.81. The van der Waals surface area contributed by atoms with Gasteiger partial charge in [0.05, 0.1) is 0 Å². The van der Waals surface area contributed by atoms with Crippen LogP contribution in [-0.4, -0.2) is 17.0 Å². The number of carbonyl (C=O) groups is 1. The number of hydrogen-bond acceptors (Lipinski definition) is 5. The zero-order valence-corrected chi connectivity index (χ0v) is 21.3. The van der Waals surface area contributed by atoms with E-state index in [1.807, 2.05) is 42.1 Å². The molecule has 33 heavy (non-hydrogen) atoms. The standard InChI is InChI=1S/C26H31ClN2O3S/c1-17-23(28-25(30)31-18(2)21-8-6-7-9-22(21)27)24(32-29-17)20-12-10-19(11-13-20)16-33-15-14-26(3,4)5/h6-13,18H,14-16H2,1-5H3,(H,28,30)/t18-/m1/s1. The van der Waals surface area contributed by atoms with E-state index in [0.29, 0.717) is 27.6 Å². The fourth-order valence-electron chi connectivity index (χ4n) is 3.20. The number of rotatable bonds is 8. The van der Waals surface area contributed by atoms with Crippen LogP contribution in [0.15, 0.2) is 53.1 Å². The van der Waals surface area contributed by atoms with E-state index in [1.54, 1.807) is 19.9 Å². The molecule has 0 aliphatic rings. The second-order valence-electron chi connectivity index (χ2n) is 9.23. The van der Waals surface area contributed by atoms with Crippen molar-refractivity contribution >= 4 is 35.1 Å². The lowest BCUT2D eigenvalue weighted by molar-refractivity contribution is 0.121. The summed E-state index contributed by atoms with van der Waals surface area (Å²) in [4.78, 5) is 12.6. The number of amides is 1. The van der Waals surface area contributed by atoms with Gasteiger partial charge in [-0.2, -0.15) is 11.8 Å². The Labute approximate surface area is 205 Å². The van der Waals surface area contributed by atoms with Crippen molar-refractivity contribution in [3.63, 3.8) is 0 Å². The largest absolute Gasteiger partial charge is 0.441 e. The molecule has 0 fully saturated rings. The summed E-state index contributed by atoms with van der Waals surface area (Å²) in [5.41, 5.74) is 4.27. The van der Waals surface area contributed by atoms with Gasteiger partial charge in [-0.25, -0.2) is 4.79 Å². The van der Waals surface area contributed by atoms with Gasteiger partial charge in [-0.05, 0) is 43.1 Å². The van der Waals surface area contributed by atoms with Crippen molar-refractivity contribution in [2.24, 2.45) is 5.41 Å². The molecular weight excluding hydrogens is 456 g/mol. The number of hydrogen-bond donors (Lipinski definition) is 1. The third-order valence-electron chi connectivity index (χ3n) is 5.20. The molecule has 1 heterocycles. The van der Waals surface area contributed by atoms with Gasteiger partial charge in [0.15, 0.2) is 5.76 Å². The summed E-state index contributed by atoms with van der Waals surface area (Å²) in [7, 11) is 0. The second-order valence-corrected chi connectivity index (χ2v) is 10.7. The Kier molecular flexibility index (Phi) is 8.49. The maximum atomic E-state index is 12.6. The number of aryl methyl sites for hydroxylation is 1. The van der Waals surface area contributed by atoms with Crippen LogP contribution in [0.25, 0.3) is 11.3 Å². The Balaban J connectivity index is 1.63. The van der Waals surface area contributed by atoms with Gasteiger partial charge >= 0.3 is 6.09 Å². The molecule has 7 heteroatoms. The maximum absolute atomic E-state index is 12.6. The topological polar surface area (TPSA) is 64.4 Å². The quantitative estimate of drug-likeness (QED) is 0.324. The number of anilines is 1. The van der Waals surface area contributed by atoms with Gasteiger partial charge < -0.3 is 9.26 Å². The first-order valence-corrected chi connectivity index (χ1v) is 12.5. The van der Waals surface area contributed by atoms with E-state index >= 15 is 0 Å². The highest BCUT2D eigenvalue weighted by Crippen LogP contribution is 2.33. The Morgan fingerprint density at radius 3 is 2.55 bits per heavy atom. The summed E-state index contributed by atoms with van der Waals surface area (Å²) in [5.74, 6) is 2.60. The van der Waals surface area contributed by atoms with E-state index in [0.717, 1.165) is 22.6 Å². The minimum Gasteiger partial charge on any atom is -0.441 e. The van der Waals surface area contributed by atoms with Crippen molar-refractivity contribution in [3.8, 4) is 11.3 Å². The monoisotopic (exact) mass is 486 g/mol. The van der Waals surface area contributed by atoms with Crippen molar-refractivity contribution in [1.82, 2.24) is 5.16 Å². The highest BCUT2D eigenvalue weighted by molar-refractivity contribution is 7.98. The van der Waals surface area contributed by atoms with Crippen molar-refractivity contribution in [2.45, 2.75) is 52.9 Å². The molecule has 0 spiro atoms. The molecule has 176 valence electrons. The van der Waals surface area contributed by atoms with Crippen molar-refractivity contribution in [3.05, 3.63) is 70.4 Å². The zero-order valence-electron chi connectivity index (χ0n) is 19.8. The number of halogens is 1. The first-order chi connectivity index (χ1) is 15.6. The van der Waals surface area contributed by atoms with Gasteiger partial charge in [-0.15, -0.1) is 0 Å². The summed E-state index contributed by atoms with van der Waals surface area (Å²) < 4.78 is 11.0. The molecule has 0 aliphatic heterocycles. The van der Waals surface area contributed by atoms with Crippen LogP contribution < -0.4 is 5.32 Å². The Morgan fingerprint density at radius 2 is 1.88 bits per heavy atom. The van der Waals surface area contributed by atoms with Crippen LogP contribution in [0.4, 0.5) is 10.5 Å². The number of aromatic nitrogens is 1. The predicted octanol–water partition coefficient (Wildman–Crippen LogP) is 8.28. The number of benzene rings is 2. The predicted molar refractivity (Wildman–Crippen MR) is 137 cm³/mol. The Hall–Kier alpha value is -2.44. The second kappa shape index (κ2) is 11.1. The molecule has 2 aromatic carbocycles. The van der Waals surface area contributed by atoms with Crippen LogP contribution in [0.1, 0.15) is 57.0 Å². The van der Waals surface area contributed by atoms with Crippen molar-refractivity contribution < 1.29 is 14.1 Å². The van der Waals surface area contributed by atoms with Crippen molar-refractivity contribution in [2.75, 3.05) is 11.1 Å². The molecular formula is C26H31ClN2O3S. The van der Waals surface area contributed by atoms with Gasteiger partial charge in [0, 0.05) is 21.9 Å². The summed E-state index contributed by atoms with van der Waals surface area (Å²) >= 11 is 8.15. The molecule has 1 amide bonds. The highest BCUT2D eigenvalue weighted by Gasteiger charge is 2.20. The van der Waals surface area contributed by atoms with Crippen LogP contribution in [0.3, 0.4) is 0 Å². The number of ether oxygens (including phenoxy) is 1. The van der Waals surface area contributed by atoms with Crippen molar-refractivity contribution in [1.29, 1.82) is 0 Å². The van der Waals surface area contributed by atoms with Gasteiger partial charge in [-0.1, -0.05) is 80.0 Å². The lowest BCUT2D eigenvalue weighted by Gasteiger charge is -2.17. The van der Waals surface area contributed by atoms with Crippen LogP contribution in [0.2, 0.25) is 5.02 Å². The average molecular weight is 487 g/mol. The molecule has 1 atom stereocenters. The van der Waals surface area contributed by atoms with E-state index in [4.69, 9.17) is 20.9 Å². The van der Waals surface area contributed by atoms with E-state index in [9.17, 15) is 4.79 Å². The Bertz CT molecular complexity index is 1070. The van der Waals surface area contributed by atoms with Crippen LogP contribution in [0.5, 0.6) is 0 Å². The van der Waals surface area contributed by atoms with E-state index in [-0.39, 0.29) is 0 Å². The summed E-state index contributed by atoms with van der Waals surface area (Å²) in [6, 6.07) is 15.4. The number of thioether (sulfide) groups is 1. The first-order valence-electron chi connectivity index (χ1n) is 11.0. The van der Waals surface area contributed by atoms with E-state index in [2.05, 4.69) is 43.4 Å². The highest BCUT2D eigenvalue weighted by atomic mass is 35.5. The van der Waals surface area contributed by atoms with Gasteiger partial charge in [0.2, 0.25) is 0 Å². The average Bonchev–Trinajstić information content (AvgIpc) is 3.11. The number of carbonyl (C=O) groups excluding carboxylic acids is 1. The number of nitrogens with one attached hydrogen (secondary N) is 1. The van der Waals surface area contributed by atoms with Crippen LogP contribution in [0, 0.1) is 12.3 Å². The smallest absolute Gasteiger partial charge is 0.412 e. The normalized spacial score (nSPS) is 12.4. The van der Waals surface area contributed by atoms with Gasteiger partial charge in [0.1, 0.15) is 17.5 Å². The van der Waals surface area contributed by atoms with E-state index < -0.39 is 12.2 Å². The molecule has 0 radical (unpaired) electrons. The third kappa shape index (κ3) is 7.27. The fraction of sp³-hybridized carbons (Fsp3) is 0.385. The summed E-state index contributed by atoms with van der Waals surface area (Å²) in [6.45, 7) is 10.3. The number of nitrogens with zero attached hydrogens (tertiary/aromatic N) is 1. The van der Waals surface area contributed by atoms with Gasteiger partial charge in [0.25, 0.3) is 0 Å².